The summed E-state index contributed by atoms with van der Waals surface area (Å²) in [5.41, 5.74) is 5.37. The molecule has 164 valence electrons. The van der Waals surface area contributed by atoms with Gasteiger partial charge in [0.15, 0.2) is 5.78 Å². The van der Waals surface area contributed by atoms with Gasteiger partial charge < -0.3 is 5.32 Å². The molecule has 5 rings (SSSR count). The highest BCUT2D eigenvalue weighted by atomic mass is 32.2. The molecule has 2 heterocycles. The largest absolute Gasteiger partial charge is 0.328 e. The lowest BCUT2D eigenvalue weighted by Gasteiger charge is -2.38. The number of thioether (sulfide) groups is 1. The van der Waals surface area contributed by atoms with Crippen LogP contribution in [0.3, 0.4) is 0 Å². The molecular weight excluding hydrogens is 416 g/mol. The number of nitrogens with one attached hydrogen (secondary N) is 1. The van der Waals surface area contributed by atoms with E-state index in [1.807, 2.05) is 22.9 Å². The van der Waals surface area contributed by atoms with Crippen molar-refractivity contribution >= 4 is 23.5 Å². The number of rotatable bonds is 5. The molecule has 0 saturated carbocycles. The van der Waals surface area contributed by atoms with E-state index in [1.165, 1.54) is 11.1 Å². The Morgan fingerprint density at radius 1 is 1.06 bits per heavy atom. The Hall–Kier alpha value is -2.86. The Balaban J connectivity index is 1.53. The smallest absolute Gasteiger partial charge is 0.227 e. The summed E-state index contributed by atoms with van der Waals surface area (Å²) >= 11 is 1.62. The second-order valence-corrected chi connectivity index (χ2v) is 10.3. The maximum atomic E-state index is 13.3. The first kappa shape index (κ1) is 21.0. The van der Waals surface area contributed by atoms with E-state index >= 15 is 0 Å². The van der Waals surface area contributed by atoms with Gasteiger partial charge in [-0.25, -0.2) is 4.68 Å². The molecule has 2 aliphatic rings. The Labute approximate surface area is 193 Å². The minimum atomic E-state index is -0.241. The molecule has 1 aromatic heterocycles. The Kier molecular flexibility index (Phi) is 5.41. The lowest BCUT2D eigenvalue weighted by molar-refractivity contribution is -0.118. The molecule has 1 aliphatic carbocycles. The number of ketones is 1. The highest BCUT2D eigenvalue weighted by molar-refractivity contribution is 7.98. The summed E-state index contributed by atoms with van der Waals surface area (Å²) in [6.45, 7) is 6.46. The van der Waals surface area contributed by atoms with E-state index in [2.05, 4.69) is 62.5 Å². The Morgan fingerprint density at radius 2 is 1.81 bits per heavy atom. The van der Waals surface area contributed by atoms with Crippen molar-refractivity contribution in [1.29, 1.82) is 0 Å². The fourth-order valence-electron chi connectivity index (χ4n) is 4.62. The summed E-state index contributed by atoms with van der Waals surface area (Å²) in [6, 6.07) is 18.7. The van der Waals surface area contributed by atoms with E-state index in [0.717, 1.165) is 46.5 Å². The number of aromatic nitrogens is 3. The van der Waals surface area contributed by atoms with Crippen molar-refractivity contribution in [2.75, 3.05) is 5.32 Å². The van der Waals surface area contributed by atoms with Gasteiger partial charge in [-0.1, -0.05) is 87.1 Å². The van der Waals surface area contributed by atoms with E-state index in [4.69, 9.17) is 10.1 Å². The predicted octanol–water partition coefficient (Wildman–Crippen LogP) is 5.79. The second-order valence-electron chi connectivity index (χ2n) is 9.39. The molecule has 1 atom stereocenters. The quantitative estimate of drug-likeness (QED) is 0.505. The van der Waals surface area contributed by atoms with Crippen LogP contribution in [0.2, 0.25) is 0 Å². The SMILES string of the molecule is CCc1ccc(C2C3=C(CC(C)(C)CC3=O)Nc3nc(SCc4ccccc4)nn32)cc1. The number of carbonyl (C=O) groups excluding carboxylic acids is 1. The van der Waals surface area contributed by atoms with Gasteiger partial charge in [0.1, 0.15) is 6.04 Å². The Bertz CT molecular complexity index is 1180. The van der Waals surface area contributed by atoms with Gasteiger partial charge in [0.05, 0.1) is 0 Å². The molecule has 0 saturated heterocycles. The van der Waals surface area contributed by atoms with E-state index in [9.17, 15) is 4.79 Å². The topological polar surface area (TPSA) is 59.8 Å². The molecule has 3 aromatic rings. The number of fused-ring (bicyclic) bond motifs is 1. The first-order valence-corrected chi connectivity index (χ1v) is 12.2. The van der Waals surface area contributed by atoms with E-state index in [0.29, 0.717) is 6.42 Å². The molecule has 1 N–H and O–H groups in total. The average Bonchev–Trinajstić information content (AvgIpc) is 3.19. The van der Waals surface area contributed by atoms with Crippen LogP contribution in [0.1, 0.15) is 56.3 Å². The minimum Gasteiger partial charge on any atom is -0.328 e. The van der Waals surface area contributed by atoms with Gasteiger partial charge in [0.2, 0.25) is 11.1 Å². The monoisotopic (exact) mass is 444 g/mol. The summed E-state index contributed by atoms with van der Waals surface area (Å²) < 4.78 is 1.91. The average molecular weight is 445 g/mol. The molecule has 0 bridgehead atoms. The second kappa shape index (κ2) is 8.24. The van der Waals surface area contributed by atoms with Gasteiger partial charge in [0, 0.05) is 23.4 Å². The van der Waals surface area contributed by atoms with Crippen molar-refractivity contribution in [2.45, 2.75) is 57.0 Å². The number of Topliss-reactive ketones (excluding diaryl/α,β-unsaturated/α-hetero) is 1. The van der Waals surface area contributed by atoms with Crippen molar-refractivity contribution in [3.63, 3.8) is 0 Å². The maximum Gasteiger partial charge on any atom is 0.227 e. The molecule has 6 heteroatoms. The molecule has 2 aromatic carbocycles. The standard InChI is InChI=1S/C26H28N4OS/c1-4-17-10-12-19(13-11-17)23-22-20(14-26(2,3)15-21(22)31)27-24-28-25(29-30(23)24)32-16-18-8-6-5-7-9-18/h5-13,23H,4,14-16H2,1-3H3,(H,27,28,29). The van der Waals surface area contributed by atoms with E-state index in [1.54, 1.807) is 11.8 Å². The first-order chi connectivity index (χ1) is 15.4. The van der Waals surface area contributed by atoms with Gasteiger partial charge in [-0.3, -0.25) is 4.79 Å². The van der Waals surface area contributed by atoms with Crippen LogP contribution in [0.4, 0.5) is 5.95 Å². The number of hydrogen-bond acceptors (Lipinski definition) is 5. The molecule has 0 amide bonds. The van der Waals surface area contributed by atoms with Crippen LogP contribution in [-0.4, -0.2) is 20.5 Å². The Morgan fingerprint density at radius 3 is 2.53 bits per heavy atom. The number of allylic oxidation sites excluding steroid dienone is 2. The highest BCUT2D eigenvalue weighted by Gasteiger charge is 2.41. The van der Waals surface area contributed by atoms with Crippen molar-refractivity contribution in [2.24, 2.45) is 5.41 Å². The van der Waals surface area contributed by atoms with Gasteiger partial charge in [-0.2, -0.15) is 4.98 Å². The van der Waals surface area contributed by atoms with Crippen LogP contribution in [0.5, 0.6) is 0 Å². The number of hydrogen-bond donors (Lipinski definition) is 1. The summed E-state index contributed by atoms with van der Waals surface area (Å²) in [4.78, 5) is 18.1. The summed E-state index contributed by atoms with van der Waals surface area (Å²) in [5.74, 6) is 1.72. The van der Waals surface area contributed by atoms with Gasteiger partial charge in [-0.15, -0.1) is 5.10 Å². The van der Waals surface area contributed by atoms with Crippen molar-refractivity contribution in [3.8, 4) is 0 Å². The molecule has 5 nitrogen and oxygen atoms in total. The van der Waals surface area contributed by atoms with Crippen LogP contribution in [0.15, 0.2) is 71.0 Å². The van der Waals surface area contributed by atoms with Crippen molar-refractivity contribution < 1.29 is 4.79 Å². The van der Waals surface area contributed by atoms with Crippen LogP contribution in [0.25, 0.3) is 0 Å². The number of carbonyl (C=O) groups is 1. The van der Waals surface area contributed by atoms with Crippen LogP contribution in [0, 0.1) is 5.41 Å². The van der Waals surface area contributed by atoms with Crippen LogP contribution in [-0.2, 0) is 17.0 Å². The van der Waals surface area contributed by atoms with Crippen LogP contribution >= 0.6 is 11.8 Å². The van der Waals surface area contributed by atoms with Gasteiger partial charge in [0.25, 0.3) is 0 Å². The third-order valence-electron chi connectivity index (χ3n) is 6.23. The fraction of sp³-hybridized carbons (Fsp3) is 0.346. The number of benzene rings is 2. The van der Waals surface area contributed by atoms with Crippen molar-refractivity contribution in [1.82, 2.24) is 14.8 Å². The summed E-state index contributed by atoms with van der Waals surface area (Å²) in [6.07, 6.45) is 2.37. The summed E-state index contributed by atoms with van der Waals surface area (Å²) in [7, 11) is 0. The zero-order valence-corrected chi connectivity index (χ0v) is 19.6. The predicted molar refractivity (Wildman–Crippen MR) is 129 cm³/mol. The minimum absolute atomic E-state index is 0.0629. The number of nitrogens with zero attached hydrogens (tertiary/aromatic N) is 3. The molecule has 0 fully saturated rings. The van der Waals surface area contributed by atoms with Gasteiger partial charge >= 0.3 is 0 Å². The first-order valence-electron chi connectivity index (χ1n) is 11.2. The fourth-order valence-corrected chi connectivity index (χ4v) is 5.40. The normalized spacial score (nSPS) is 19.3. The maximum absolute atomic E-state index is 13.3. The lowest BCUT2D eigenvalue weighted by Crippen LogP contribution is -2.36. The third kappa shape index (κ3) is 3.99. The molecule has 0 radical (unpaired) electrons. The third-order valence-corrected chi connectivity index (χ3v) is 7.14. The van der Waals surface area contributed by atoms with E-state index in [-0.39, 0.29) is 17.2 Å². The molecule has 32 heavy (non-hydrogen) atoms. The lowest BCUT2D eigenvalue weighted by atomic mass is 9.73. The number of aryl methyl sites for hydroxylation is 1. The zero-order chi connectivity index (χ0) is 22.3. The molecule has 1 unspecified atom stereocenters. The molecule has 1 aliphatic heterocycles. The van der Waals surface area contributed by atoms with Crippen LogP contribution < -0.4 is 5.32 Å². The number of anilines is 1. The van der Waals surface area contributed by atoms with Gasteiger partial charge in [-0.05, 0) is 34.9 Å². The summed E-state index contributed by atoms with van der Waals surface area (Å²) in [5, 5.41) is 9.03. The highest BCUT2D eigenvalue weighted by Crippen LogP contribution is 2.45. The zero-order valence-electron chi connectivity index (χ0n) is 18.8. The van der Waals surface area contributed by atoms with Crippen molar-refractivity contribution in [3.05, 3.63) is 82.6 Å². The van der Waals surface area contributed by atoms with E-state index < -0.39 is 0 Å². The molecule has 0 spiro atoms. The molecular formula is C26H28N4OS.